The molecule has 8 saturated carbocycles. The van der Waals surface area contributed by atoms with Crippen LogP contribution in [-0.4, -0.2) is 92.2 Å². The normalized spacial score (nSPS) is 38.5. The smallest absolute Gasteiger partial charge is 1.00 e. The summed E-state index contributed by atoms with van der Waals surface area (Å²) in [6.45, 7) is 5.86. The SMILES string of the molecule is C.COC[C@@]1(O)CC[C@H]2[C@H](CC[C@@H]3[C@@H]2CC[C@]2(C)[C@@H](C(=O)CBr)CC[C@@H]32)C1.COC[C@@]1(O)CC[C@H]2[C@H](CC[C@@H]3[C@@H]2CC[C@]2(C)[C@@H](C(=O)Cn4cc(C#N)cn4)CC[C@@H]32)C1.N#Cc1cn[nH]c1.O=CO[O-].[H-].[K+].[K+]. The van der Waals surface area contributed by atoms with Crippen LogP contribution in [0.15, 0.2) is 24.8 Å². The van der Waals surface area contributed by atoms with Gasteiger partial charge < -0.3 is 31.3 Å². The number of aromatic nitrogens is 4. The van der Waals surface area contributed by atoms with E-state index in [1.54, 1.807) is 31.3 Å². The number of hydrogen-bond donors (Lipinski definition) is 3. The molecule has 0 aromatic carbocycles. The van der Waals surface area contributed by atoms with E-state index < -0.39 is 11.2 Å². The molecule has 0 amide bonds. The molecule has 2 aromatic heterocycles. The zero-order valence-electron chi connectivity index (χ0n) is 44.2. The maximum absolute atomic E-state index is 13.3. The third-order valence-corrected chi connectivity index (χ3v) is 20.2. The van der Waals surface area contributed by atoms with Crippen molar-refractivity contribution in [2.75, 3.05) is 32.8 Å². The van der Waals surface area contributed by atoms with Gasteiger partial charge in [0, 0.05) is 38.4 Å². The zero-order chi connectivity index (χ0) is 49.6. The summed E-state index contributed by atoms with van der Waals surface area (Å²) in [5.41, 5.74) is 0.198. The van der Waals surface area contributed by atoms with Crippen molar-refractivity contribution in [1.29, 1.82) is 10.5 Å². The van der Waals surface area contributed by atoms with E-state index >= 15 is 0 Å². The van der Waals surface area contributed by atoms with E-state index in [1.165, 1.54) is 76.6 Å². The van der Waals surface area contributed by atoms with Crippen molar-refractivity contribution in [1.82, 2.24) is 20.0 Å². The van der Waals surface area contributed by atoms with Gasteiger partial charge in [-0.05, 0) is 186 Å². The van der Waals surface area contributed by atoms with Crippen molar-refractivity contribution >= 4 is 34.0 Å². The van der Waals surface area contributed by atoms with Crippen molar-refractivity contribution in [3.05, 3.63) is 35.9 Å². The number of hydrogen-bond acceptors (Lipinski definition) is 13. The Bertz CT molecular complexity index is 2150. The summed E-state index contributed by atoms with van der Waals surface area (Å²) in [6, 6.07) is 4.00. The summed E-state index contributed by atoms with van der Waals surface area (Å²) in [6.07, 6.45) is 26.6. The molecule has 0 bridgehead atoms. The Balaban J connectivity index is 0.000000308. The molecule has 18 heteroatoms. The van der Waals surface area contributed by atoms with Crippen LogP contribution >= 0.6 is 15.9 Å². The van der Waals surface area contributed by atoms with E-state index in [-0.39, 0.29) is 153 Å². The van der Waals surface area contributed by atoms with Crippen LogP contribution in [0.5, 0.6) is 0 Å². The third-order valence-electron chi connectivity index (χ3n) is 19.7. The molecule has 0 unspecified atom stereocenters. The molecular formula is C54H81BrK2N6O9. The molecule has 3 N–H and O–H groups in total. The number of halogens is 1. The molecule has 8 aliphatic rings. The first-order chi connectivity index (χ1) is 33.1. The van der Waals surface area contributed by atoms with Gasteiger partial charge in [0.1, 0.15) is 17.9 Å². The number of ether oxygens (including phenoxy) is 2. The minimum absolute atomic E-state index is 0. The maximum atomic E-state index is 13.3. The molecule has 2 aromatic rings. The van der Waals surface area contributed by atoms with E-state index in [0.29, 0.717) is 53.2 Å². The standard InChI is InChI=1S/C26H37N3O3.C22H35BrO3.C4H3N3.CH2O3.CH4.2K.H/c1-25-9-7-20-19-8-10-26(31,16-32-2)11-18(19)3-4-21(20)22(25)5-6-23(25)24(30)15-29-14-17(12-27)13-28-29;1-21-9-7-16-15-8-10-22(25,13-26-2)11-14(15)3-4-17(16)18(21)5-6-19(21)20(24)12-23;5-1-4-2-6-7-3-4;2-1-4-3;;;;/h13-14,18-23,31H,3-11,15-16H2,1-2H3;14-19,25H,3-13H2,1-2H3;2-3H,(H,6,7);1,3H;1H4;;;/q;;;;;2*+1;-1/p-1/t18-,19+,20-,21-,22+,23-,25+,26-;14-,15+,16-,17-,18+,19-,21+,22-;;;;;;/m11....../s1. The van der Waals surface area contributed by atoms with Gasteiger partial charge in [0.2, 0.25) is 0 Å². The molecule has 0 saturated heterocycles. The zero-order valence-corrected chi connectivity index (χ0v) is 51.1. The number of aliphatic hydroxyl groups is 2. The quantitative estimate of drug-likeness (QED) is 0.102. The first-order valence-electron chi connectivity index (χ1n) is 25.7. The van der Waals surface area contributed by atoms with Gasteiger partial charge in [0.15, 0.2) is 5.78 Å². The van der Waals surface area contributed by atoms with Gasteiger partial charge in [0.25, 0.3) is 6.47 Å². The van der Waals surface area contributed by atoms with Crippen molar-refractivity contribution in [2.45, 2.75) is 155 Å². The minimum atomic E-state index is -0.630. The molecule has 10 rings (SSSR count). The number of fused-ring (bicyclic) bond motifs is 10. The fourth-order valence-corrected chi connectivity index (χ4v) is 17.4. The molecule has 0 aliphatic heterocycles. The molecule has 0 spiro atoms. The molecule has 8 aliphatic carbocycles. The Labute approximate surface area is 523 Å². The van der Waals surface area contributed by atoms with Crippen molar-refractivity contribution in [3.63, 3.8) is 0 Å². The van der Waals surface area contributed by atoms with E-state index in [0.717, 1.165) is 92.8 Å². The largest absolute Gasteiger partial charge is 1.00 e. The van der Waals surface area contributed by atoms with Crippen LogP contribution in [0.3, 0.4) is 0 Å². The Morgan fingerprint density at radius 2 is 1.24 bits per heavy atom. The third kappa shape index (κ3) is 14.1. The first-order valence-corrected chi connectivity index (χ1v) is 26.8. The molecule has 15 nitrogen and oxygen atoms in total. The summed E-state index contributed by atoms with van der Waals surface area (Å²) in [5.74, 6) is 8.47. The van der Waals surface area contributed by atoms with Crippen LogP contribution in [0.25, 0.3) is 0 Å². The Morgan fingerprint density at radius 1 is 0.764 bits per heavy atom. The van der Waals surface area contributed by atoms with Crippen LogP contribution in [0.2, 0.25) is 0 Å². The van der Waals surface area contributed by atoms with Crippen molar-refractivity contribution < 1.29 is 148 Å². The van der Waals surface area contributed by atoms with Crippen LogP contribution in [0.1, 0.15) is 149 Å². The summed E-state index contributed by atoms with van der Waals surface area (Å²) in [7, 11) is 3.39. The second-order valence-corrected chi connectivity index (χ2v) is 23.5. The van der Waals surface area contributed by atoms with Crippen LogP contribution in [-0.2, 0) is 35.3 Å². The topological polar surface area (TPSA) is 236 Å². The summed E-state index contributed by atoms with van der Waals surface area (Å²) in [5, 5.41) is 58.2. The Kier molecular flexibility index (Phi) is 25.5. The van der Waals surface area contributed by atoms with Gasteiger partial charge in [-0.25, -0.2) is 0 Å². The van der Waals surface area contributed by atoms with E-state index in [4.69, 9.17) is 30.0 Å². The number of carbonyl (C=O) groups excluding carboxylic acids is 3. The van der Waals surface area contributed by atoms with Crippen LogP contribution in [0.4, 0.5) is 0 Å². The van der Waals surface area contributed by atoms with Crippen LogP contribution in [0, 0.1) is 105 Å². The summed E-state index contributed by atoms with van der Waals surface area (Å²) >= 11 is 3.42. The number of alkyl halides is 1. The van der Waals surface area contributed by atoms with Crippen molar-refractivity contribution in [2.24, 2.45) is 81.8 Å². The van der Waals surface area contributed by atoms with E-state index in [2.05, 4.69) is 56.0 Å². The Hall–Kier alpha value is -0.237. The first kappa shape index (κ1) is 64.3. The van der Waals surface area contributed by atoms with Gasteiger partial charge in [-0.15, -0.1) is 0 Å². The number of methoxy groups -OCH3 is 2. The molecule has 16 atom stereocenters. The number of ketones is 2. The molecule has 390 valence electrons. The molecule has 8 fully saturated rings. The summed E-state index contributed by atoms with van der Waals surface area (Å²) in [4.78, 5) is 37.1. The molecule has 0 radical (unpaired) electrons. The van der Waals surface area contributed by atoms with Gasteiger partial charge in [-0.3, -0.25) is 24.2 Å². The maximum Gasteiger partial charge on any atom is 1.00 e. The second-order valence-electron chi connectivity index (χ2n) is 22.9. The molecular weight excluding hydrogens is 1030 g/mol. The molecule has 2 heterocycles. The number of nitrogens with one attached hydrogen (secondary N) is 1. The monoisotopic (exact) mass is 1110 g/mol. The number of H-pyrrole nitrogens is 1. The van der Waals surface area contributed by atoms with Gasteiger partial charge in [-0.1, -0.05) is 37.2 Å². The number of carbonyl (C=O) groups is 3. The number of aromatic amines is 1. The number of nitriles is 2. The fourth-order valence-electron chi connectivity index (χ4n) is 17.0. The number of nitrogens with zero attached hydrogens (tertiary/aromatic N) is 5. The number of rotatable bonds is 10. The number of Topliss-reactive ketones (excluding diaryl/α,β-unsaturated/α-hetero) is 2. The average molecular weight is 1120 g/mol. The average Bonchev–Trinajstić information content (AvgIpc) is 4.18. The van der Waals surface area contributed by atoms with Gasteiger partial charge in [-0.2, -0.15) is 20.7 Å². The van der Waals surface area contributed by atoms with Crippen molar-refractivity contribution in [3.8, 4) is 12.1 Å². The Morgan fingerprint density at radius 3 is 1.62 bits per heavy atom. The van der Waals surface area contributed by atoms with Gasteiger partial charge >= 0.3 is 103 Å². The van der Waals surface area contributed by atoms with E-state index in [9.17, 15) is 19.8 Å². The van der Waals surface area contributed by atoms with Gasteiger partial charge in [0.05, 0.1) is 59.8 Å². The second kappa shape index (κ2) is 28.6. The predicted molar refractivity (Wildman–Crippen MR) is 264 cm³/mol. The summed E-state index contributed by atoms with van der Waals surface area (Å²) < 4.78 is 12.3. The minimum Gasteiger partial charge on any atom is -1.00 e. The fraction of sp³-hybridized carbons (Fsp3) is 0.796. The van der Waals surface area contributed by atoms with E-state index in [1.807, 2.05) is 6.07 Å². The predicted octanol–water partition coefficient (Wildman–Crippen LogP) is 2.04. The molecule has 72 heavy (non-hydrogen) atoms. The van der Waals surface area contributed by atoms with Crippen LogP contribution < -0.4 is 108 Å².